The third-order valence-electron chi connectivity index (χ3n) is 5.18. The molecule has 1 heterocycles. The number of halogens is 3. The van der Waals surface area contributed by atoms with E-state index in [4.69, 9.17) is 10.5 Å². The van der Waals surface area contributed by atoms with Crippen molar-refractivity contribution in [3.05, 3.63) is 89.0 Å². The van der Waals surface area contributed by atoms with Gasteiger partial charge in [-0.2, -0.15) is 13.2 Å². The third-order valence-corrected chi connectivity index (χ3v) is 5.18. The van der Waals surface area contributed by atoms with Crippen molar-refractivity contribution in [2.24, 2.45) is 5.73 Å². The van der Waals surface area contributed by atoms with E-state index in [0.29, 0.717) is 18.9 Å². The Balaban J connectivity index is 1.79. The maximum Gasteiger partial charge on any atom is 0.416 e. The van der Waals surface area contributed by atoms with E-state index in [2.05, 4.69) is 9.97 Å². The van der Waals surface area contributed by atoms with Crippen molar-refractivity contribution in [3.63, 3.8) is 0 Å². The number of carbonyl (C=O) groups excluding carboxylic acids is 1. The summed E-state index contributed by atoms with van der Waals surface area (Å²) < 4.78 is 46.1. The number of amides is 1. The average molecular weight is 431 g/mol. The molecule has 5 nitrogen and oxygen atoms in total. The van der Waals surface area contributed by atoms with Gasteiger partial charge >= 0.3 is 6.18 Å². The summed E-state index contributed by atoms with van der Waals surface area (Å²) in [6.45, 7) is 2.19. The van der Waals surface area contributed by atoms with Gasteiger partial charge in [0.15, 0.2) is 0 Å². The van der Waals surface area contributed by atoms with Crippen molar-refractivity contribution >= 4 is 5.91 Å². The molecule has 0 aliphatic rings. The number of aromatic nitrogens is 2. The zero-order chi connectivity index (χ0) is 22.4. The summed E-state index contributed by atoms with van der Waals surface area (Å²) in [6, 6.07) is 15.1. The number of nitrogens with zero attached hydrogens (tertiary/aromatic N) is 1. The lowest BCUT2D eigenvalue weighted by Gasteiger charge is -2.23. The van der Waals surface area contributed by atoms with Crippen molar-refractivity contribution in [1.29, 1.82) is 0 Å². The quantitative estimate of drug-likeness (QED) is 0.508. The maximum atomic E-state index is 13.4. The first-order chi connectivity index (χ1) is 14.8. The Morgan fingerprint density at radius 2 is 1.81 bits per heavy atom. The van der Waals surface area contributed by atoms with Crippen LogP contribution in [-0.4, -0.2) is 22.0 Å². The highest BCUT2D eigenvalue weighted by molar-refractivity contribution is 5.90. The minimum absolute atomic E-state index is 0.144. The second-order valence-corrected chi connectivity index (χ2v) is 7.35. The number of carbonyl (C=O) groups is 1. The monoisotopic (exact) mass is 431 g/mol. The maximum absolute atomic E-state index is 13.4. The summed E-state index contributed by atoms with van der Waals surface area (Å²) >= 11 is 0. The standard InChI is InChI=1S/C23H24F3N3O2/c1-15(31-14-16-7-3-2-4-8-16)18(22-28-13-20(29-22)21(27)30)12-11-17-9-5-6-10-19(17)23(24,25)26/h2-10,13,15,18H,11-12,14H2,1H3,(H2,27,30)(H,28,29)/t15-,18-/m0/s1. The molecule has 0 aliphatic carbocycles. The molecular weight excluding hydrogens is 407 g/mol. The van der Waals surface area contributed by atoms with Gasteiger partial charge in [0.2, 0.25) is 0 Å². The molecular formula is C23H24F3N3O2. The van der Waals surface area contributed by atoms with Crippen molar-refractivity contribution in [3.8, 4) is 0 Å². The van der Waals surface area contributed by atoms with Crippen LogP contribution in [0.1, 0.15) is 52.3 Å². The van der Waals surface area contributed by atoms with Gasteiger partial charge in [-0.25, -0.2) is 4.98 Å². The molecule has 0 unspecified atom stereocenters. The van der Waals surface area contributed by atoms with Crippen LogP contribution in [0.2, 0.25) is 0 Å². The molecule has 2 atom stereocenters. The third kappa shape index (κ3) is 5.95. The van der Waals surface area contributed by atoms with Gasteiger partial charge in [0.1, 0.15) is 11.5 Å². The van der Waals surface area contributed by atoms with Crippen molar-refractivity contribution in [2.45, 2.75) is 44.6 Å². The summed E-state index contributed by atoms with van der Waals surface area (Å²) in [5.74, 6) is -0.560. The van der Waals surface area contributed by atoms with E-state index >= 15 is 0 Å². The highest BCUT2D eigenvalue weighted by Gasteiger charge is 2.33. The molecule has 31 heavy (non-hydrogen) atoms. The van der Waals surface area contributed by atoms with Crippen LogP contribution in [0.3, 0.4) is 0 Å². The number of hydrogen-bond donors (Lipinski definition) is 2. The lowest BCUT2D eigenvalue weighted by molar-refractivity contribution is -0.138. The minimum atomic E-state index is -4.43. The fraction of sp³-hybridized carbons (Fsp3) is 0.304. The molecule has 0 fully saturated rings. The number of nitrogens with one attached hydrogen (secondary N) is 1. The van der Waals surface area contributed by atoms with Crippen LogP contribution < -0.4 is 5.73 Å². The molecule has 0 saturated carbocycles. The Hall–Kier alpha value is -3.13. The molecule has 0 radical (unpaired) electrons. The zero-order valence-electron chi connectivity index (χ0n) is 17.0. The number of primary amides is 1. The van der Waals surface area contributed by atoms with Gasteiger partial charge in [-0.15, -0.1) is 0 Å². The van der Waals surface area contributed by atoms with Crippen LogP contribution in [0.4, 0.5) is 13.2 Å². The Bertz CT molecular complexity index is 1000. The SMILES string of the molecule is C[C@H](OCc1ccccc1)[C@H](CCc1ccccc1C(F)(F)F)c1ncc(C(N)=O)[nH]1. The minimum Gasteiger partial charge on any atom is -0.373 e. The zero-order valence-corrected chi connectivity index (χ0v) is 17.0. The number of aryl methyl sites for hydroxylation is 1. The Morgan fingerprint density at radius 1 is 1.13 bits per heavy atom. The van der Waals surface area contributed by atoms with E-state index in [9.17, 15) is 18.0 Å². The molecule has 0 aliphatic heterocycles. The summed E-state index contributed by atoms with van der Waals surface area (Å²) in [4.78, 5) is 18.6. The Labute approximate surface area is 178 Å². The number of hydrogen-bond acceptors (Lipinski definition) is 3. The van der Waals surface area contributed by atoms with E-state index < -0.39 is 17.6 Å². The summed E-state index contributed by atoms with van der Waals surface area (Å²) in [5, 5.41) is 0. The fourth-order valence-electron chi connectivity index (χ4n) is 3.49. The summed E-state index contributed by atoms with van der Waals surface area (Å²) in [6.07, 6.45) is -2.95. The van der Waals surface area contributed by atoms with Crippen LogP contribution in [0.5, 0.6) is 0 Å². The molecule has 3 rings (SSSR count). The predicted octanol–water partition coefficient (Wildman–Crippen LogP) is 4.85. The van der Waals surface area contributed by atoms with E-state index in [1.165, 1.54) is 18.3 Å². The molecule has 8 heteroatoms. The summed E-state index contributed by atoms with van der Waals surface area (Å²) in [5.41, 5.74) is 5.98. The first-order valence-electron chi connectivity index (χ1n) is 9.91. The van der Waals surface area contributed by atoms with Crippen LogP contribution in [-0.2, 0) is 23.9 Å². The molecule has 0 saturated heterocycles. The van der Waals surface area contributed by atoms with Crippen LogP contribution >= 0.6 is 0 Å². The van der Waals surface area contributed by atoms with E-state index in [0.717, 1.165) is 11.6 Å². The van der Waals surface area contributed by atoms with Gasteiger partial charge in [0.25, 0.3) is 5.91 Å². The molecule has 3 aromatic rings. The molecule has 0 bridgehead atoms. The van der Waals surface area contributed by atoms with Crippen LogP contribution in [0.25, 0.3) is 0 Å². The van der Waals surface area contributed by atoms with E-state index in [1.54, 1.807) is 6.07 Å². The number of rotatable bonds is 9. The second-order valence-electron chi connectivity index (χ2n) is 7.35. The van der Waals surface area contributed by atoms with E-state index in [-0.39, 0.29) is 29.7 Å². The largest absolute Gasteiger partial charge is 0.416 e. The lowest BCUT2D eigenvalue weighted by Crippen LogP contribution is -2.22. The van der Waals surface area contributed by atoms with Crippen molar-refractivity contribution < 1.29 is 22.7 Å². The van der Waals surface area contributed by atoms with Gasteiger partial charge in [-0.1, -0.05) is 48.5 Å². The predicted molar refractivity (Wildman–Crippen MR) is 110 cm³/mol. The lowest BCUT2D eigenvalue weighted by atomic mass is 9.92. The number of ether oxygens (including phenoxy) is 1. The average Bonchev–Trinajstić information content (AvgIpc) is 3.23. The van der Waals surface area contributed by atoms with Crippen molar-refractivity contribution in [2.75, 3.05) is 0 Å². The van der Waals surface area contributed by atoms with Crippen LogP contribution in [0.15, 0.2) is 60.8 Å². The Kier molecular flexibility index (Phi) is 7.12. The number of aromatic amines is 1. The molecule has 1 amide bonds. The number of benzene rings is 2. The Morgan fingerprint density at radius 3 is 2.45 bits per heavy atom. The fourth-order valence-corrected chi connectivity index (χ4v) is 3.49. The highest BCUT2D eigenvalue weighted by Crippen LogP contribution is 2.34. The highest BCUT2D eigenvalue weighted by atomic mass is 19.4. The summed E-state index contributed by atoms with van der Waals surface area (Å²) in [7, 11) is 0. The number of imidazole rings is 1. The first-order valence-corrected chi connectivity index (χ1v) is 9.91. The van der Waals surface area contributed by atoms with E-state index in [1.807, 2.05) is 37.3 Å². The topological polar surface area (TPSA) is 81.0 Å². The van der Waals surface area contributed by atoms with Gasteiger partial charge in [-0.3, -0.25) is 4.79 Å². The number of H-pyrrole nitrogens is 1. The smallest absolute Gasteiger partial charge is 0.373 e. The van der Waals surface area contributed by atoms with Gasteiger partial charge in [0, 0.05) is 5.92 Å². The molecule has 164 valence electrons. The first kappa shape index (κ1) is 22.6. The number of alkyl halides is 3. The normalized spacial score (nSPS) is 13.7. The molecule has 0 spiro atoms. The molecule has 3 N–H and O–H groups in total. The van der Waals surface area contributed by atoms with Crippen LogP contribution in [0, 0.1) is 0 Å². The molecule has 2 aromatic carbocycles. The molecule has 1 aromatic heterocycles. The van der Waals surface area contributed by atoms with Gasteiger partial charge in [-0.05, 0) is 37.0 Å². The van der Waals surface area contributed by atoms with Gasteiger partial charge in [0.05, 0.1) is 24.5 Å². The van der Waals surface area contributed by atoms with Gasteiger partial charge < -0.3 is 15.5 Å². The van der Waals surface area contributed by atoms with Crippen molar-refractivity contribution in [1.82, 2.24) is 9.97 Å². The second kappa shape index (κ2) is 9.78. The number of nitrogens with two attached hydrogens (primary N) is 1.